The van der Waals surface area contributed by atoms with E-state index in [-0.39, 0.29) is 17.9 Å². The van der Waals surface area contributed by atoms with Gasteiger partial charge >= 0.3 is 0 Å². The van der Waals surface area contributed by atoms with Gasteiger partial charge in [-0.2, -0.15) is 0 Å². The molecule has 3 nitrogen and oxygen atoms in total. The van der Waals surface area contributed by atoms with Crippen LogP contribution in [0.1, 0.15) is 29.8 Å². The highest BCUT2D eigenvalue weighted by atomic mass is 16.1. The van der Waals surface area contributed by atoms with Crippen LogP contribution in [-0.4, -0.2) is 18.5 Å². The molecule has 0 aliphatic carbocycles. The molecule has 3 N–H and O–H groups in total. The van der Waals surface area contributed by atoms with Crippen molar-refractivity contribution in [3.63, 3.8) is 0 Å². The number of carbonyl (C=O) groups is 1. The Balaban J connectivity index is 2.70. The van der Waals surface area contributed by atoms with Gasteiger partial charge in [0.15, 0.2) is 0 Å². The first-order valence-corrected chi connectivity index (χ1v) is 5.62. The van der Waals surface area contributed by atoms with Crippen LogP contribution in [0.4, 0.5) is 0 Å². The minimum absolute atomic E-state index is 0.0223. The molecule has 2 atom stereocenters. The first kappa shape index (κ1) is 12.7. The van der Waals surface area contributed by atoms with Crippen molar-refractivity contribution in [2.45, 2.75) is 26.8 Å². The van der Waals surface area contributed by atoms with Crippen molar-refractivity contribution in [1.82, 2.24) is 5.32 Å². The molecule has 0 aliphatic rings. The third kappa shape index (κ3) is 3.07. The zero-order valence-corrected chi connectivity index (χ0v) is 10.2. The summed E-state index contributed by atoms with van der Waals surface area (Å²) in [5.41, 5.74) is 7.29. The Kier molecular flexibility index (Phi) is 4.50. The van der Waals surface area contributed by atoms with Crippen molar-refractivity contribution in [1.29, 1.82) is 0 Å². The first-order chi connectivity index (χ1) is 7.56. The van der Waals surface area contributed by atoms with Gasteiger partial charge in [-0.15, -0.1) is 0 Å². The highest BCUT2D eigenvalue weighted by Crippen LogP contribution is 2.08. The lowest BCUT2D eigenvalue weighted by Crippen LogP contribution is -2.39. The summed E-state index contributed by atoms with van der Waals surface area (Å²) in [7, 11) is 0. The summed E-state index contributed by atoms with van der Waals surface area (Å²) in [5, 5.41) is 2.97. The number of rotatable bonds is 4. The van der Waals surface area contributed by atoms with Crippen LogP contribution in [0.3, 0.4) is 0 Å². The standard InChI is InChI=1S/C13H20N2O/c1-9-6-4-5-7-12(9)13(16)15-11(3)10(2)8-14/h4-7,10-11H,8,14H2,1-3H3,(H,15,16). The van der Waals surface area contributed by atoms with Gasteiger partial charge in [-0.1, -0.05) is 25.1 Å². The minimum Gasteiger partial charge on any atom is -0.349 e. The van der Waals surface area contributed by atoms with E-state index in [4.69, 9.17) is 5.73 Å². The van der Waals surface area contributed by atoms with Crippen molar-refractivity contribution < 1.29 is 4.79 Å². The monoisotopic (exact) mass is 220 g/mol. The van der Waals surface area contributed by atoms with E-state index in [2.05, 4.69) is 5.32 Å². The molecule has 3 heteroatoms. The Morgan fingerprint density at radius 1 is 1.38 bits per heavy atom. The maximum Gasteiger partial charge on any atom is 0.251 e. The smallest absolute Gasteiger partial charge is 0.251 e. The summed E-state index contributed by atoms with van der Waals surface area (Å²) in [6, 6.07) is 7.67. The normalized spacial score (nSPS) is 14.2. The van der Waals surface area contributed by atoms with Crippen LogP contribution in [-0.2, 0) is 0 Å². The number of carbonyl (C=O) groups excluding carboxylic acids is 1. The summed E-state index contributed by atoms with van der Waals surface area (Å²) in [6.07, 6.45) is 0. The predicted octanol–water partition coefficient (Wildman–Crippen LogP) is 1.71. The maximum atomic E-state index is 11.9. The summed E-state index contributed by atoms with van der Waals surface area (Å²) < 4.78 is 0. The van der Waals surface area contributed by atoms with Crippen molar-refractivity contribution >= 4 is 5.91 Å². The van der Waals surface area contributed by atoms with Gasteiger partial charge in [0.05, 0.1) is 0 Å². The number of nitrogens with two attached hydrogens (primary N) is 1. The molecule has 0 fully saturated rings. The van der Waals surface area contributed by atoms with Gasteiger partial charge < -0.3 is 11.1 Å². The van der Waals surface area contributed by atoms with Gasteiger partial charge in [0.25, 0.3) is 5.91 Å². The lowest BCUT2D eigenvalue weighted by atomic mass is 10.0. The lowest BCUT2D eigenvalue weighted by Gasteiger charge is -2.20. The predicted molar refractivity (Wildman–Crippen MR) is 66.3 cm³/mol. The lowest BCUT2D eigenvalue weighted by molar-refractivity contribution is 0.0929. The van der Waals surface area contributed by atoms with Gasteiger partial charge in [0, 0.05) is 11.6 Å². The van der Waals surface area contributed by atoms with Crippen LogP contribution in [0, 0.1) is 12.8 Å². The Bertz CT molecular complexity index is 363. The highest BCUT2D eigenvalue weighted by molar-refractivity contribution is 5.95. The average Bonchev–Trinajstić information content (AvgIpc) is 2.28. The molecule has 0 aromatic heterocycles. The number of nitrogens with one attached hydrogen (secondary N) is 1. The SMILES string of the molecule is Cc1ccccc1C(=O)NC(C)C(C)CN. The largest absolute Gasteiger partial charge is 0.349 e. The minimum atomic E-state index is -0.0223. The molecule has 16 heavy (non-hydrogen) atoms. The second-order valence-corrected chi connectivity index (χ2v) is 4.29. The Hall–Kier alpha value is -1.35. The van der Waals surface area contributed by atoms with E-state index in [9.17, 15) is 4.79 Å². The number of aryl methyl sites for hydroxylation is 1. The molecule has 0 spiro atoms. The Labute approximate surface area is 97.0 Å². The summed E-state index contributed by atoms with van der Waals surface area (Å²) in [5.74, 6) is 0.263. The van der Waals surface area contributed by atoms with Crippen LogP contribution in [0.15, 0.2) is 24.3 Å². The molecule has 1 rings (SSSR count). The first-order valence-electron chi connectivity index (χ1n) is 5.62. The molecular weight excluding hydrogens is 200 g/mol. The molecule has 0 saturated heterocycles. The quantitative estimate of drug-likeness (QED) is 0.811. The van der Waals surface area contributed by atoms with Crippen molar-refractivity contribution in [2.75, 3.05) is 6.54 Å². The van der Waals surface area contributed by atoms with Crippen LogP contribution < -0.4 is 11.1 Å². The van der Waals surface area contributed by atoms with Crippen LogP contribution in [0.5, 0.6) is 0 Å². The van der Waals surface area contributed by atoms with Crippen LogP contribution in [0.2, 0.25) is 0 Å². The molecular formula is C13H20N2O. The maximum absolute atomic E-state index is 11.9. The average molecular weight is 220 g/mol. The van der Waals surface area contributed by atoms with E-state index >= 15 is 0 Å². The molecule has 0 aliphatic heterocycles. The molecule has 0 bridgehead atoms. The fraction of sp³-hybridized carbons (Fsp3) is 0.462. The van der Waals surface area contributed by atoms with Crippen LogP contribution in [0.25, 0.3) is 0 Å². The second kappa shape index (κ2) is 5.66. The van der Waals surface area contributed by atoms with Crippen LogP contribution >= 0.6 is 0 Å². The molecule has 1 aromatic rings. The molecule has 0 heterocycles. The number of hydrogen-bond donors (Lipinski definition) is 2. The Morgan fingerprint density at radius 2 is 2.00 bits per heavy atom. The number of amides is 1. The van der Waals surface area contributed by atoms with E-state index in [1.54, 1.807) is 0 Å². The van der Waals surface area contributed by atoms with Crippen molar-refractivity contribution in [3.8, 4) is 0 Å². The molecule has 88 valence electrons. The number of hydrogen-bond acceptors (Lipinski definition) is 2. The summed E-state index contributed by atoms with van der Waals surface area (Å²) >= 11 is 0. The summed E-state index contributed by atoms with van der Waals surface area (Å²) in [4.78, 5) is 11.9. The summed E-state index contributed by atoms with van der Waals surface area (Å²) in [6.45, 7) is 6.53. The topological polar surface area (TPSA) is 55.1 Å². The molecule has 0 radical (unpaired) electrons. The highest BCUT2D eigenvalue weighted by Gasteiger charge is 2.15. The van der Waals surface area contributed by atoms with Crippen molar-refractivity contribution in [2.24, 2.45) is 11.7 Å². The third-order valence-electron chi connectivity index (χ3n) is 2.97. The molecule has 2 unspecified atom stereocenters. The fourth-order valence-corrected chi connectivity index (χ4v) is 1.46. The van der Waals surface area contributed by atoms with Crippen molar-refractivity contribution in [3.05, 3.63) is 35.4 Å². The Morgan fingerprint density at radius 3 is 2.56 bits per heavy atom. The van der Waals surface area contributed by atoms with Gasteiger partial charge in [-0.25, -0.2) is 0 Å². The van der Waals surface area contributed by atoms with Gasteiger partial charge in [0.2, 0.25) is 0 Å². The van der Waals surface area contributed by atoms with E-state index in [1.807, 2.05) is 45.0 Å². The zero-order chi connectivity index (χ0) is 12.1. The third-order valence-corrected chi connectivity index (χ3v) is 2.97. The second-order valence-electron chi connectivity index (χ2n) is 4.29. The van der Waals surface area contributed by atoms with E-state index in [0.717, 1.165) is 11.1 Å². The van der Waals surface area contributed by atoms with E-state index in [0.29, 0.717) is 6.54 Å². The fourth-order valence-electron chi connectivity index (χ4n) is 1.46. The van der Waals surface area contributed by atoms with Gasteiger partial charge in [-0.05, 0) is 37.9 Å². The zero-order valence-electron chi connectivity index (χ0n) is 10.2. The van der Waals surface area contributed by atoms with E-state index < -0.39 is 0 Å². The molecule has 0 saturated carbocycles. The molecule has 1 aromatic carbocycles. The molecule has 1 amide bonds. The van der Waals surface area contributed by atoms with Gasteiger partial charge in [0.1, 0.15) is 0 Å². The number of benzene rings is 1. The van der Waals surface area contributed by atoms with Gasteiger partial charge in [-0.3, -0.25) is 4.79 Å². The van der Waals surface area contributed by atoms with E-state index in [1.165, 1.54) is 0 Å².